The summed E-state index contributed by atoms with van der Waals surface area (Å²) in [5.41, 5.74) is 1.04. The summed E-state index contributed by atoms with van der Waals surface area (Å²) in [6.07, 6.45) is 2.44. The molecule has 2 rings (SSSR count). The molecule has 0 unspecified atom stereocenters. The first-order valence-electron chi connectivity index (χ1n) is 7.05. The van der Waals surface area contributed by atoms with E-state index in [1.807, 2.05) is 12.1 Å². The lowest BCUT2D eigenvalue weighted by molar-refractivity contribution is 0.380. The van der Waals surface area contributed by atoms with Crippen molar-refractivity contribution in [1.82, 2.24) is 4.31 Å². The third-order valence-electron chi connectivity index (χ3n) is 4.39. The highest BCUT2D eigenvalue weighted by molar-refractivity contribution is 7.89. The second-order valence-corrected chi connectivity index (χ2v) is 8.27. The maximum Gasteiger partial charge on any atom is 0.244 e. The van der Waals surface area contributed by atoms with Crippen LogP contribution in [0.1, 0.15) is 26.7 Å². The fourth-order valence-electron chi connectivity index (χ4n) is 2.42. The molecule has 1 N–H and O–H groups in total. The van der Waals surface area contributed by atoms with Crippen LogP contribution in [0.15, 0.2) is 29.2 Å². The second kappa shape index (κ2) is 5.37. The van der Waals surface area contributed by atoms with Gasteiger partial charge in [-0.15, -0.1) is 0 Å². The number of benzene rings is 1. The van der Waals surface area contributed by atoms with Gasteiger partial charge < -0.3 is 5.32 Å². The molecule has 0 atom stereocenters. The highest BCUT2D eigenvalue weighted by Gasteiger charge is 2.45. The number of para-hydroxylation sites is 1. The van der Waals surface area contributed by atoms with Gasteiger partial charge in [0.25, 0.3) is 0 Å². The Morgan fingerprint density at radius 2 is 1.85 bits per heavy atom. The van der Waals surface area contributed by atoms with Gasteiger partial charge >= 0.3 is 0 Å². The lowest BCUT2D eigenvalue weighted by atomic mass is 9.92. The van der Waals surface area contributed by atoms with Gasteiger partial charge in [0, 0.05) is 20.6 Å². The van der Waals surface area contributed by atoms with Crippen LogP contribution < -0.4 is 5.32 Å². The molecule has 1 saturated carbocycles. The molecule has 0 amide bonds. The molecule has 0 aromatic heterocycles. The average molecular weight is 296 g/mol. The van der Waals surface area contributed by atoms with Crippen LogP contribution in [0.2, 0.25) is 0 Å². The zero-order valence-corrected chi connectivity index (χ0v) is 13.5. The first kappa shape index (κ1) is 15.3. The summed E-state index contributed by atoms with van der Waals surface area (Å²) in [4.78, 5) is 0.351. The molecular formula is C15H24N2O2S. The highest BCUT2D eigenvalue weighted by atomic mass is 32.2. The van der Waals surface area contributed by atoms with Gasteiger partial charge in [-0.3, -0.25) is 0 Å². The van der Waals surface area contributed by atoms with Crippen LogP contribution in [0.25, 0.3) is 0 Å². The van der Waals surface area contributed by atoms with E-state index in [2.05, 4.69) is 19.2 Å². The molecule has 1 aliphatic carbocycles. The molecule has 0 aliphatic heterocycles. The van der Waals surface area contributed by atoms with Crippen LogP contribution >= 0.6 is 0 Å². The Morgan fingerprint density at radius 1 is 1.25 bits per heavy atom. The van der Waals surface area contributed by atoms with Crippen molar-refractivity contribution in [3.63, 3.8) is 0 Å². The molecule has 1 aliphatic rings. The Morgan fingerprint density at radius 3 is 2.35 bits per heavy atom. The molecule has 1 fully saturated rings. The van der Waals surface area contributed by atoms with Crippen molar-refractivity contribution in [3.05, 3.63) is 24.3 Å². The van der Waals surface area contributed by atoms with Crippen LogP contribution in [0.4, 0.5) is 5.69 Å². The molecule has 5 heteroatoms. The number of nitrogens with one attached hydrogen (secondary N) is 1. The van der Waals surface area contributed by atoms with Crippen LogP contribution in [0, 0.1) is 11.3 Å². The molecule has 0 heterocycles. The molecule has 0 radical (unpaired) electrons. The third-order valence-corrected chi connectivity index (χ3v) is 6.27. The van der Waals surface area contributed by atoms with E-state index in [0.29, 0.717) is 21.9 Å². The van der Waals surface area contributed by atoms with Crippen molar-refractivity contribution >= 4 is 15.7 Å². The van der Waals surface area contributed by atoms with Crippen LogP contribution in [0.3, 0.4) is 0 Å². The molecule has 1 aromatic rings. The fraction of sp³-hybridized carbons (Fsp3) is 0.600. The van der Waals surface area contributed by atoms with Crippen molar-refractivity contribution in [2.75, 3.05) is 26.0 Å². The Bertz CT molecular complexity index is 575. The highest BCUT2D eigenvalue weighted by Crippen LogP contribution is 2.51. The Hall–Kier alpha value is -1.07. The summed E-state index contributed by atoms with van der Waals surface area (Å²) in [6.45, 7) is 5.30. The second-order valence-electron chi connectivity index (χ2n) is 6.15. The Balaban J connectivity index is 2.22. The molecule has 0 spiro atoms. The van der Waals surface area contributed by atoms with Gasteiger partial charge in [-0.25, -0.2) is 12.7 Å². The number of anilines is 1. The van der Waals surface area contributed by atoms with E-state index < -0.39 is 10.0 Å². The standard InChI is InChI=1S/C15H24N2O2S/c1-12(2)15(9-10-15)11-16-13-7-5-6-8-14(13)20(18,19)17(3)4/h5-8,12,16H,9-11H2,1-4H3. The smallest absolute Gasteiger partial charge is 0.244 e. The number of sulfonamides is 1. The first-order valence-corrected chi connectivity index (χ1v) is 8.49. The topological polar surface area (TPSA) is 49.4 Å². The van der Waals surface area contributed by atoms with Gasteiger partial charge in [0.2, 0.25) is 10.0 Å². The Kier molecular flexibility index (Phi) is 4.12. The molecule has 20 heavy (non-hydrogen) atoms. The van der Waals surface area contributed by atoms with Crippen LogP contribution in [-0.2, 0) is 10.0 Å². The molecule has 0 saturated heterocycles. The van der Waals surface area contributed by atoms with Crippen LogP contribution in [0.5, 0.6) is 0 Å². The van der Waals surface area contributed by atoms with Gasteiger partial charge in [-0.2, -0.15) is 0 Å². The van der Waals surface area contributed by atoms with Gasteiger partial charge in [0.1, 0.15) is 4.90 Å². The van der Waals surface area contributed by atoms with Gasteiger partial charge in [-0.05, 0) is 36.3 Å². The molecule has 112 valence electrons. The predicted octanol–water partition coefficient (Wildman–Crippen LogP) is 2.79. The van der Waals surface area contributed by atoms with Crippen molar-refractivity contribution in [2.24, 2.45) is 11.3 Å². The summed E-state index contributed by atoms with van der Waals surface area (Å²) < 4.78 is 25.9. The largest absolute Gasteiger partial charge is 0.383 e. The average Bonchev–Trinajstić information content (AvgIpc) is 3.17. The van der Waals surface area contributed by atoms with E-state index in [1.54, 1.807) is 26.2 Å². The maximum absolute atomic E-state index is 12.3. The number of nitrogens with zero attached hydrogens (tertiary/aromatic N) is 1. The van der Waals surface area contributed by atoms with Crippen molar-refractivity contribution in [3.8, 4) is 0 Å². The van der Waals surface area contributed by atoms with E-state index >= 15 is 0 Å². The zero-order valence-electron chi connectivity index (χ0n) is 12.7. The third kappa shape index (κ3) is 2.83. The quantitative estimate of drug-likeness (QED) is 0.878. The van der Waals surface area contributed by atoms with E-state index in [1.165, 1.54) is 17.1 Å². The summed E-state index contributed by atoms with van der Waals surface area (Å²) >= 11 is 0. The summed E-state index contributed by atoms with van der Waals surface area (Å²) in [7, 11) is -0.288. The van der Waals surface area contributed by atoms with E-state index in [4.69, 9.17) is 0 Å². The summed E-state index contributed by atoms with van der Waals surface area (Å²) in [5, 5.41) is 3.35. The minimum Gasteiger partial charge on any atom is -0.383 e. The number of hydrogen-bond donors (Lipinski definition) is 1. The number of hydrogen-bond acceptors (Lipinski definition) is 3. The van der Waals surface area contributed by atoms with E-state index in [0.717, 1.165) is 6.54 Å². The Labute approximate surface area is 122 Å². The van der Waals surface area contributed by atoms with Gasteiger partial charge in [0.15, 0.2) is 0 Å². The first-order chi connectivity index (χ1) is 9.29. The van der Waals surface area contributed by atoms with Gasteiger partial charge in [0.05, 0.1) is 5.69 Å². The SMILES string of the molecule is CC(C)C1(CNc2ccccc2S(=O)(=O)N(C)C)CC1. The number of rotatable bonds is 6. The minimum absolute atomic E-state index is 0.342. The fourth-order valence-corrected chi connectivity index (χ4v) is 3.49. The van der Waals surface area contributed by atoms with Crippen molar-refractivity contribution < 1.29 is 8.42 Å². The summed E-state index contributed by atoms with van der Waals surface area (Å²) in [6, 6.07) is 7.13. The monoisotopic (exact) mass is 296 g/mol. The lowest BCUT2D eigenvalue weighted by Gasteiger charge is -2.22. The molecule has 4 nitrogen and oxygen atoms in total. The predicted molar refractivity (Wildman–Crippen MR) is 82.3 cm³/mol. The van der Waals surface area contributed by atoms with Crippen molar-refractivity contribution in [2.45, 2.75) is 31.6 Å². The minimum atomic E-state index is -3.40. The van der Waals surface area contributed by atoms with Gasteiger partial charge in [-0.1, -0.05) is 26.0 Å². The van der Waals surface area contributed by atoms with E-state index in [9.17, 15) is 8.42 Å². The lowest BCUT2D eigenvalue weighted by Crippen LogP contribution is -2.25. The molecule has 0 bridgehead atoms. The van der Waals surface area contributed by atoms with E-state index in [-0.39, 0.29) is 0 Å². The zero-order chi connectivity index (χ0) is 15.0. The molecule has 1 aromatic carbocycles. The molecular weight excluding hydrogens is 272 g/mol. The van der Waals surface area contributed by atoms with Crippen LogP contribution in [-0.4, -0.2) is 33.4 Å². The van der Waals surface area contributed by atoms with Crippen molar-refractivity contribution in [1.29, 1.82) is 0 Å². The normalized spacial score (nSPS) is 17.5. The maximum atomic E-state index is 12.3. The summed E-state index contributed by atoms with van der Waals surface area (Å²) in [5.74, 6) is 0.618.